The molecular weight excluding hydrogens is 232 g/mol. The Kier molecular flexibility index (Phi) is 4.48. The molecule has 0 spiro atoms. The second-order valence-corrected chi connectivity index (χ2v) is 12.7. The molecule has 1 atom stereocenters. The van der Waals surface area contributed by atoms with Crippen LogP contribution in [0.2, 0.25) is 17.6 Å². The Hall–Kier alpha value is -0.563. The molecule has 1 unspecified atom stereocenters. The van der Waals surface area contributed by atoms with Crippen LogP contribution in [0.1, 0.15) is 48.0 Å². The van der Waals surface area contributed by atoms with Gasteiger partial charge in [0.1, 0.15) is 0 Å². The van der Waals surface area contributed by atoms with E-state index in [1.807, 2.05) is 0 Å². The molecule has 0 heterocycles. The van der Waals surface area contributed by atoms with Crippen molar-refractivity contribution in [3.05, 3.63) is 30.3 Å². The Bertz CT molecular complexity index is 372. The maximum absolute atomic E-state index is 2.57. The smallest absolute Gasteiger partial charge is 0.0649 e. The number of rotatable bonds is 4. The van der Waals surface area contributed by atoms with Crippen LogP contribution in [0, 0.1) is 5.41 Å². The minimum Gasteiger partial charge on any atom is -0.0649 e. The van der Waals surface area contributed by atoms with Gasteiger partial charge in [-0.3, -0.25) is 0 Å². The van der Waals surface area contributed by atoms with Crippen molar-refractivity contribution < 1.29 is 0 Å². The minimum absolute atomic E-state index is 0.404. The molecule has 0 N–H and O–H groups in total. The van der Waals surface area contributed by atoms with E-state index in [0.29, 0.717) is 10.5 Å². The van der Waals surface area contributed by atoms with Crippen LogP contribution in [0.5, 0.6) is 0 Å². The summed E-state index contributed by atoms with van der Waals surface area (Å²) in [7, 11) is -1.48. The Morgan fingerprint density at radius 2 is 1.44 bits per heavy atom. The van der Waals surface area contributed by atoms with Crippen LogP contribution < -0.4 is 5.19 Å². The summed E-state index contributed by atoms with van der Waals surface area (Å²) in [5, 5.41) is 2.01. The molecule has 0 nitrogen and oxygen atoms in total. The fraction of sp³-hybridized carbons (Fsp3) is 0.647. The first-order valence-electron chi connectivity index (χ1n) is 7.18. The summed E-state index contributed by atoms with van der Waals surface area (Å²) < 4.78 is 0. The summed E-state index contributed by atoms with van der Waals surface area (Å²) in [5.74, 6) is 0. The molecule has 0 fully saturated rings. The lowest BCUT2D eigenvalue weighted by Gasteiger charge is -2.45. The molecule has 0 radical (unpaired) electrons. The Balaban J connectivity index is 3.21. The highest BCUT2D eigenvalue weighted by atomic mass is 28.3. The maximum Gasteiger partial charge on any atom is 0.0894 e. The first-order chi connectivity index (χ1) is 8.12. The summed E-state index contributed by atoms with van der Waals surface area (Å²) in [6.45, 7) is 17.0. The number of hydrogen-bond donors (Lipinski definition) is 0. The van der Waals surface area contributed by atoms with E-state index in [4.69, 9.17) is 0 Å². The highest BCUT2D eigenvalue weighted by Gasteiger charge is 2.44. The number of hydrogen-bond acceptors (Lipinski definition) is 0. The van der Waals surface area contributed by atoms with Gasteiger partial charge in [-0.25, -0.2) is 0 Å². The van der Waals surface area contributed by atoms with Crippen LogP contribution in [-0.2, 0) is 0 Å². The van der Waals surface area contributed by atoms with Crippen molar-refractivity contribution in [1.82, 2.24) is 0 Å². The molecular formula is C17H30Si. The van der Waals surface area contributed by atoms with Crippen LogP contribution >= 0.6 is 0 Å². The van der Waals surface area contributed by atoms with Crippen molar-refractivity contribution in [3.8, 4) is 0 Å². The van der Waals surface area contributed by atoms with Crippen LogP contribution in [0.15, 0.2) is 30.3 Å². The third-order valence-electron chi connectivity index (χ3n) is 4.86. The monoisotopic (exact) mass is 262 g/mol. The lowest BCUT2D eigenvalue weighted by Crippen LogP contribution is -2.54. The molecule has 0 bridgehead atoms. The van der Waals surface area contributed by atoms with Gasteiger partial charge in [0.15, 0.2) is 0 Å². The van der Waals surface area contributed by atoms with E-state index in [9.17, 15) is 0 Å². The van der Waals surface area contributed by atoms with Gasteiger partial charge in [-0.2, -0.15) is 0 Å². The van der Waals surface area contributed by atoms with Gasteiger partial charge in [0.25, 0.3) is 0 Å². The summed E-state index contributed by atoms with van der Waals surface area (Å²) in [5.41, 5.74) is 0.449. The standard InChI is InChI=1S/C17H30Si/c1-8-17(5,6)14-18(7,16(2,3)4)15-12-10-9-11-13-15/h9-13H,8,14H2,1-7H3. The quantitative estimate of drug-likeness (QED) is 0.654. The summed E-state index contributed by atoms with van der Waals surface area (Å²) in [4.78, 5) is 0. The average molecular weight is 263 g/mol. The molecule has 102 valence electrons. The summed E-state index contributed by atoms with van der Waals surface area (Å²) >= 11 is 0. The minimum atomic E-state index is -1.48. The molecule has 1 aromatic carbocycles. The second kappa shape index (κ2) is 5.20. The van der Waals surface area contributed by atoms with E-state index in [-0.39, 0.29) is 0 Å². The van der Waals surface area contributed by atoms with Gasteiger partial charge >= 0.3 is 0 Å². The predicted octanol–water partition coefficient (Wildman–Crippen LogP) is 5.21. The lowest BCUT2D eigenvalue weighted by molar-refractivity contribution is 0.387. The van der Waals surface area contributed by atoms with Crippen molar-refractivity contribution in [2.75, 3.05) is 0 Å². The van der Waals surface area contributed by atoms with E-state index in [0.717, 1.165) is 0 Å². The first kappa shape index (κ1) is 15.5. The van der Waals surface area contributed by atoms with E-state index in [1.54, 1.807) is 5.19 Å². The molecule has 0 aliphatic rings. The molecule has 0 aliphatic heterocycles. The van der Waals surface area contributed by atoms with Crippen molar-refractivity contribution in [1.29, 1.82) is 0 Å². The lowest BCUT2D eigenvalue weighted by atomic mass is 9.93. The third-order valence-corrected chi connectivity index (χ3v) is 11.4. The summed E-state index contributed by atoms with van der Waals surface area (Å²) in [6.07, 6.45) is 1.26. The molecule has 0 aliphatic carbocycles. The van der Waals surface area contributed by atoms with Crippen LogP contribution in [0.3, 0.4) is 0 Å². The van der Waals surface area contributed by atoms with Gasteiger partial charge in [0.05, 0.1) is 8.07 Å². The SMILES string of the molecule is CCC(C)(C)C[Si](C)(c1ccccc1)C(C)(C)C. The molecule has 0 amide bonds. The van der Waals surface area contributed by atoms with Crippen molar-refractivity contribution in [2.24, 2.45) is 5.41 Å². The average Bonchev–Trinajstić information content (AvgIpc) is 2.28. The fourth-order valence-corrected chi connectivity index (χ4v) is 7.38. The topological polar surface area (TPSA) is 0 Å². The second-order valence-electron chi connectivity index (χ2n) is 7.64. The van der Waals surface area contributed by atoms with Gasteiger partial charge in [0.2, 0.25) is 0 Å². The van der Waals surface area contributed by atoms with Gasteiger partial charge in [-0.1, -0.05) is 90.0 Å². The van der Waals surface area contributed by atoms with Crippen molar-refractivity contribution in [3.63, 3.8) is 0 Å². The van der Waals surface area contributed by atoms with E-state index >= 15 is 0 Å². The van der Waals surface area contributed by atoms with E-state index < -0.39 is 8.07 Å². The predicted molar refractivity (Wildman–Crippen MR) is 86.3 cm³/mol. The molecule has 0 saturated heterocycles. The summed E-state index contributed by atoms with van der Waals surface area (Å²) in [6, 6.07) is 12.6. The molecule has 0 aromatic heterocycles. The van der Waals surface area contributed by atoms with Gasteiger partial charge in [-0.15, -0.1) is 0 Å². The van der Waals surface area contributed by atoms with Crippen LogP contribution in [0.4, 0.5) is 0 Å². The van der Waals surface area contributed by atoms with E-state index in [1.165, 1.54) is 12.5 Å². The molecule has 0 saturated carbocycles. The third kappa shape index (κ3) is 3.26. The molecule has 18 heavy (non-hydrogen) atoms. The van der Waals surface area contributed by atoms with Crippen molar-refractivity contribution >= 4 is 13.3 Å². The van der Waals surface area contributed by atoms with Crippen molar-refractivity contribution in [2.45, 2.75) is 65.6 Å². The normalized spacial score (nSPS) is 16.4. The van der Waals surface area contributed by atoms with Gasteiger partial charge in [0, 0.05) is 0 Å². The van der Waals surface area contributed by atoms with Crippen LogP contribution in [-0.4, -0.2) is 8.07 Å². The zero-order chi connectivity index (χ0) is 14.0. The Morgan fingerprint density at radius 3 is 1.83 bits per heavy atom. The van der Waals surface area contributed by atoms with Gasteiger partial charge in [-0.05, 0) is 16.5 Å². The Morgan fingerprint density at radius 1 is 0.944 bits per heavy atom. The molecule has 1 aromatic rings. The Labute approximate surface area is 115 Å². The number of benzene rings is 1. The highest BCUT2D eigenvalue weighted by molar-refractivity contribution is 6.93. The molecule has 1 rings (SSSR count). The highest BCUT2D eigenvalue weighted by Crippen LogP contribution is 2.44. The zero-order valence-electron chi connectivity index (χ0n) is 13.3. The van der Waals surface area contributed by atoms with Crippen LogP contribution in [0.25, 0.3) is 0 Å². The fourth-order valence-electron chi connectivity index (χ4n) is 2.69. The maximum atomic E-state index is 2.57. The first-order valence-corrected chi connectivity index (χ1v) is 9.89. The van der Waals surface area contributed by atoms with E-state index in [2.05, 4.69) is 78.4 Å². The van der Waals surface area contributed by atoms with Gasteiger partial charge < -0.3 is 0 Å². The largest absolute Gasteiger partial charge is 0.0894 e. The zero-order valence-corrected chi connectivity index (χ0v) is 14.3. The molecule has 1 heteroatoms.